The zero-order valence-corrected chi connectivity index (χ0v) is 13.4. The molecule has 0 aliphatic rings. The number of benzene rings is 1. The van der Waals surface area contributed by atoms with E-state index in [1.807, 2.05) is 30.3 Å². The lowest BCUT2D eigenvalue weighted by atomic mass is 10.0. The number of ketones is 1. The first kappa shape index (κ1) is 17.8. The number of Topliss-reactive ketones (excluding diaryl/α,β-unsaturated/α-hetero) is 1. The van der Waals surface area contributed by atoms with E-state index < -0.39 is 6.10 Å². The van der Waals surface area contributed by atoms with Crippen LogP contribution >= 0.6 is 0 Å². The Labute approximate surface area is 128 Å². The minimum Gasteiger partial charge on any atom is -0.385 e. The number of likely N-dealkylation sites (N-methyl/N-ethyl adjacent to an activating group) is 1. The fourth-order valence-electron chi connectivity index (χ4n) is 2.17. The topological polar surface area (TPSA) is 38.8 Å². The maximum atomic E-state index is 12.5. The molecule has 118 valence electrons. The summed E-state index contributed by atoms with van der Waals surface area (Å²) in [5.74, 6) is 0.0344. The van der Waals surface area contributed by atoms with Crippen molar-refractivity contribution in [1.82, 2.24) is 4.90 Å². The Morgan fingerprint density at radius 2 is 1.81 bits per heavy atom. The van der Waals surface area contributed by atoms with E-state index in [0.717, 1.165) is 19.6 Å². The summed E-state index contributed by atoms with van der Waals surface area (Å²) in [6, 6.07) is 9.31. The van der Waals surface area contributed by atoms with Crippen molar-refractivity contribution in [2.75, 3.05) is 40.0 Å². The summed E-state index contributed by atoms with van der Waals surface area (Å²) < 4.78 is 10.9. The average molecular weight is 293 g/mol. The van der Waals surface area contributed by atoms with Gasteiger partial charge in [-0.25, -0.2) is 0 Å². The third-order valence-corrected chi connectivity index (χ3v) is 3.56. The summed E-state index contributed by atoms with van der Waals surface area (Å²) in [5, 5.41) is 0. The Hall–Kier alpha value is -1.23. The summed E-state index contributed by atoms with van der Waals surface area (Å²) in [6.07, 6.45) is 0.158. The van der Waals surface area contributed by atoms with Crippen molar-refractivity contribution in [1.29, 1.82) is 0 Å². The fraction of sp³-hybridized carbons (Fsp3) is 0.588. The number of methoxy groups -OCH3 is 1. The van der Waals surface area contributed by atoms with Crippen LogP contribution in [-0.4, -0.2) is 56.7 Å². The van der Waals surface area contributed by atoms with E-state index in [1.165, 1.54) is 0 Å². The van der Waals surface area contributed by atoms with E-state index >= 15 is 0 Å². The third kappa shape index (κ3) is 6.38. The molecule has 0 heterocycles. The highest BCUT2D eigenvalue weighted by Gasteiger charge is 2.20. The van der Waals surface area contributed by atoms with Gasteiger partial charge in [-0.15, -0.1) is 0 Å². The molecule has 21 heavy (non-hydrogen) atoms. The van der Waals surface area contributed by atoms with E-state index in [9.17, 15) is 4.79 Å². The molecule has 1 aromatic carbocycles. The van der Waals surface area contributed by atoms with Gasteiger partial charge in [0.15, 0.2) is 5.78 Å². The second-order valence-corrected chi connectivity index (χ2v) is 4.90. The Balaban J connectivity index is 2.56. The van der Waals surface area contributed by atoms with Gasteiger partial charge in [0.25, 0.3) is 0 Å². The van der Waals surface area contributed by atoms with Crippen LogP contribution in [0.15, 0.2) is 30.3 Å². The normalized spacial score (nSPS) is 12.6. The van der Waals surface area contributed by atoms with Crippen molar-refractivity contribution in [3.05, 3.63) is 35.9 Å². The first-order valence-corrected chi connectivity index (χ1v) is 7.65. The zero-order chi connectivity index (χ0) is 15.5. The molecule has 0 aliphatic carbocycles. The number of carbonyl (C=O) groups is 1. The van der Waals surface area contributed by atoms with Gasteiger partial charge in [0.2, 0.25) is 0 Å². The lowest BCUT2D eigenvalue weighted by molar-refractivity contribution is 0.0202. The van der Waals surface area contributed by atoms with Gasteiger partial charge in [0.1, 0.15) is 6.10 Å². The molecule has 1 unspecified atom stereocenters. The number of hydrogen-bond donors (Lipinski definition) is 0. The van der Waals surface area contributed by atoms with Gasteiger partial charge in [-0.1, -0.05) is 44.2 Å². The SMILES string of the molecule is CCN(CC)CCOC(CCOC)C(=O)c1ccccc1. The zero-order valence-electron chi connectivity index (χ0n) is 13.4. The van der Waals surface area contributed by atoms with Crippen LogP contribution in [0.4, 0.5) is 0 Å². The number of carbonyl (C=O) groups excluding carboxylic acids is 1. The van der Waals surface area contributed by atoms with E-state index in [4.69, 9.17) is 9.47 Å². The standard InChI is InChI=1S/C17H27NO3/c1-4-18(5-2)12-14-21-16(11-13-20-3)17(19)15-9-7-6-8-10-15/h6-10,16H,4-5,11-14H2,1-3H3. The van der Waals surface area contributed by atoms with Crippen LogP contribution in [0, 0.1) is 0 Å². The van der Waals surface area contributed by atoms with Crippen LogP contribution in [0.3, 0.4) is 0 Å². The van der Waals surface area contributed by atoms with Crippen molar-refractivity contribution >= 4 is 5.78 Å². The lowest BCUT2D eigenvalue weighted by Crippen LogP contribution is -2.32. The minimum atomic E-state index is -0.428. The third-order valence-electron chi connectivity index (χ3n) is 3.56. The van der Waals surface area contributed by atoms with Crippen LogP contribution in [0.2, 0.25) is 0 Å². The smallest absolute Gasteiger partial charge is 0.191 e. The van der Waals surface area contributed by atoms with E-state index in [1.54, 1.807) is 7.11 Å². The minimum absolute atomic E-state index is 0.0344. The second-order valence-electron chi connectivity index (χ2n) is 4.90. The predicted octanol–water partition coefficient (Wildman–Crippen LogP) is 2.63. The Morgan fingerprint density at radius 1 is 1.14 bits per heavy atom. The van der Waals surface area contributed by atoms with Gasteiger partial charge >= 0.3 is 0 Å². The molecule has 4 heteroatoms. The van der Waals surface area contributed by atoms with E-state index in [-0.39, 0.29) is 5.78 Å². The van der Waals surface area contributed by atoms with Crippen LogP contribution in [0.25, 0.3) is 0 Å². The largest absolute Gasteiger partial charge is 0.385 e. The number of rotatable bonds is 11. The van der Waals surface area contributed by atoms with Gasteiger partial charge in [0.05, 0.1) is 6.61 Å². The first-order valence-electron chi connectivity index (χ1n) is 7.65. The molecule has 1 aromatic rings. The number of hydrogen-bond acceptors (Lipinski definition) is 4. The van der Waals surface area contributed by atoms with E-state index in [2.05, 4.69) is 18.7 Å². The van der Waals surface area contributed by atoms with Gasteiger partial charge in [-0.05, 0) is 13.1 Å². The molecule has 0 fully saturated rings. The molecule has 0 radical (unpaired) electrons. The highest BCUT2D eigenvalue weighted by Crippen LogP contribution is 2.10. The van der Waals surface area contributed by atoms with Gasteiger partial charge in [-0.2, -0.15) is 0 Å². The summed E-state index contributed by atoms with van der Waals surface area (Å²) in [7, 11) is 1.64. The average Bonchev–Trinajstić information content (AvgIpc) is 2.54. The van der Waals surface area contributed by atoms with Crippen LogP contribution < -0.4 is 0 Å². The molecular formula is C17H27NO3. The van der Waals surface area contributed by atoms with Crippen LogP contribution in [0.5, 0.6) is 0 Å². The number of ether oxygens (including phenoxy) is 2. The van der Waals surface area contributed by atoms with Gasteiger partial charge in [0, 0.05) is 32.2 Å². The molecule has 0 saturated heterocycles. The molecular weight excluding hydrogens is 266 g/mol. The molecule has 0 aliphatic heterocycles. The van der Waals surface area contributed by atoms with Crippen LogP contribution in [-0.2, 0) is 9.47 Å². The Kier molecular flexibility index (Phi) is 8.90. The molecule has 0 N–H and O–H groups in total. The molecule has 1 atom stereocenters. The van der Waals surface area contributed by atoms with Crippen molar-refractivity contribution in [3.8, 4) is 0 Å². The quantitative estimate of drug-likeness (QED) is 0.588. The summed E-state index contributed by atoms with van der Waals surface area (Å²) in [5.41, 5.74) is 0.696. The monoisotopic (exact) mass is 293 g/mol. The fourth-order valence-corrected chi connectivity index (χ4v) is 2.17. The molecule has 0 aromatic heterocycles. The Bertz CT molecular complexity index is 390. The van der Waals surface area contributed by atoms with Crippen LogP contribution in [0.1, 0.15) is 30.6 Å². The summed E-state index contributed by atoms with van der Waals surface area (Å²) >= 11 is 0. The molecule has 0 bridgehead atoms. The van der Waals surface area contributed by atoms with Crippen molar-refractivity contribution in [3.63, 3.8) is 0 Å². The molecule has 4 nitrogen and oxygen atoms in total. The molecule has 0 spiro atoms. The molecule has 0 saturated carbocycles. The maximum absolute atomic E-state index is 12.5. The van der Waals surface area contributed by atoms with Crippen molar-refractivity contribution in [2.24, 2.45) is 0 Å². The molecule has 0 amide bonds. The first-order chi connectivity index (χ1) is 10.2. The van der Waals surface area contributed by atoms with E-state index in [0.29, 0.717) is 25.2 Å². The number of nitrogens with zero attached hydrogens (tertiary/aromatic N) is 1. The van der Waals surface area contributed by atoms with Gasteiger partial charge < -0.3 is 14.4 Å². The van der Waals surface area contributed by atoms with Crippen molar-refractivity contribution < 1.29 is 14.3 Å². The summed E-state index contributed by atoms with van der Waals surface area (Å²) in [6.45, 7) is 8.17. The highest BCUT2D eigenvalue weighted by molar-refractivity contribution is 5.99. The maximum Gasteiger partial charge on any atom is 0.191 e. The predicted molar refractivity (Wildman–Crippen MR) is 84.8 cm³/mol. The second kappa shape index (κ2) is 10.5. The highest BCUT2D eigenvalue weighted by atomic mass is 16.5. The van der Waals surface area contributed by atoms with Crippen molar-refractivity contribution in [2.45, 2.75) is 26.4 Å². The lowest BCUT2D eigenvalue weighted by Gasteiger charge is -2.21. The molecule has 1 rings (SSSR count). The van der Waals surface area contributed by atoms with Gasteiger partial charge in [-0.3, -0.25) is 4.79 Å². The summed E-state index contributed by atoms with van der Waals surface area (Å²) in [4.78, 5) is 14.7. The Morgan fingerprint density at radius 3 is 2.38 bits per heavy atom.